The highest BCUT2D eigenvalue weighted by atomic mass is 14.7. The molecule has 0 aliphatic heterocycles. The number of hydrogen-bond donors (Lipinski definition) is 0. The molecule has 1 heteroatoms. The third-order valence-corrected chi connectivity index (χ3v) is 3.14. The normalized spacial score (nSPS) is 16.9. The lowest BCUT2D eigenvalue weighted by Gasteiger charge is -2.24. The van der Waals surface area contributed by atoms with E-state index in [-0.39, 0.29) is 0 Å². The van der Waals surface area contributed by atoms with Gasteiger partial charge in [-0.25, -0.2) is 0 Å². The Bertz CT molecular complexity index is 457. The summed E-state index contributed by atoms with van der Waals surface area (Å²) in [7, 11) is 0. The molecule has 3 rings (SSSR count). The third kappa shape index (κ3) is 1.20. The van der Waals surface area contributed by atoms with Gasteiger partial charge in [0, 0.05) is 17.0 Å². The minimum absolute atomic E-state index is 0.736. The number of benzene rings is 1. The Morgan fingerprint density at radius 1 is 1.00 bits per heavy atom. The summed E-state index contributed by atoms with van der Waals surface area (Å²) in [6.07, 6.45) is 4.02. The van der Waals surface area contributed by atoms with Gasteiger partial charge in [-0.2, -0.15) is 0 Å². The van der Waals surface area contributed by atoms with Crippen molar-refractivity contribution in [2.45, 2.75) is 25.2 Å². The zero-order valence-corrected chi connectivity index (χ0v) is 8.11. The van der Waals surface area contributed by atoms with Crippen LogP contribution < -0.4 is 0 Å². The van der Waals surface area contributed by atoms with E-state index in [2.05, 4.69) is 36.4 Å². The smallest absolute Gasteiger partial charge is 0.0705 e. The molecule has 2 aromatic rings. The number of pyridine rings is 1. The van der Waals surface area contributed by atoms with E-state index in [0.29, 0.717) is 0 Å². The van der Waals surface area contributed by atoms with Crippen LogP contribution in [0.15, 0.2) is 36.4 Å². The van der Waals surface area contributed by atoms with Gasteiger partial charge >= 0.3 is 0 Å². The predicted molar refractivity (Wildman–Crippen MR) is 58.3 cm³/mol. The van der Waals surface area contributed by atoms with Crippen LogP contribution in [0, 0.1) is 0 Å². The van der Waals surface area contributed by atoms with Crippen LogP contribution in [-0.2, 0) is 0 Å². The summed E-state index contributed by atoms with van der Waals surface area (Å²) in [6.45, 7) is 0. The lowest BCUT2D eigenvalue weighted by Crippen LogP contribution is -2.10. The highest BCUT2D eigenvalue weighted by Gasteiger charge is 2.20. The first kappa shape index (κ1) is 7.98. The fraction of sp³-hybridized carbons (Fsp3) is 0.308. The quantitative estimate of drug-likeness (QED) is 0.659. The number of fused-ring (bicyclic) bond motifs is 1. The topological polar surface area (TPSA) is 12.9 Å². The number of nitrogens with zero attached hydrogens (tertiary/aromatic N) is 1. The summed E-state index contributed by atoms with van der Waals surface area (Å²) < 4.78 is 0. The van der Waals surface area contributed by atoms with Gasteiger partial charge in [0.15, 0.2) is 0 Å². The zero-order valence-electron chi connectivity index (χ0n) is 8.11. The largest absolute Gasteiger partial charge is 0.253 e. The van der Waals surface area contributed by atoms with Gasteiger partial charge in [-0.05, 0) is 25.0 Å². The van der Waals surface area contributed by atoms with E-state index >= 15 is 0 Å². The molecule has 1 aromatic carbocycles. The van der Waals surface area contributed by atoms with E-state index in [1.165, 1.54) is 30.3 Å². The van der Waals surface area contributed by atoms with Gasteiger partial charge in [0.05, 0.1) is 5.52 Å². The molecule has 0 N–H and O–H groups in total. The average Bonchev–Trinajstić information content (AvgIpc) is 2.15. The second kappa shape index (κ2) is 3.09. The fourth-order valence-corrected chi connectivity index (χ4v) is 2.01. The summed E-state index contributed by atoms with van der Waals surface area (Å²) in [5.41, 5.74) is 2.42. The van der Waals surface area contributed by atoms with Gasteiger partial charge in [0.2, 0.25) is 0 Å². The molecule has 0 spiro atoms. The van der Waals surface area contributed by atoms with Gasteiger partial charge in [-0.1, -0.05) is 30.7 Å². The highest BCUT2D eigenvalue weighted by molar-refractivity contribution is 5.78. The van der Waals surface area contributed by atoms with E-state index < -0.39 is 0 Å². The summed E-state index contributed by atoms with van der Waals surface area (Å²) in [4.78, 5) is 4.70. The molecule has 0 amide bonds. The van der Waals surface area contributed by atoms with Crippen molar-refractivity contribution in [2.24, 2.45) is 0 Å². The minimum atomic E-state index is 0.736. The Morgan fingerprint density at radius 2 is 1.86 bits per heavy atom. The van der Waals surface area contributed by atoms with Crippen LogP contribution in [0.25, 0.3) is 10.9 Å². The van der Waals surface area contributed by atoms with E-state index in [0.717, 1.165) is 11.4 Å². The zero-order chi connectivity index (χ0) is 9.38. The lowest BCUT2D eigenvalue weighted by atomic mass is 9.82. The molecule has 0 saturated heterocycles. The average molecular weight is 183 g/mol. The van der Waals surface area contributed by atoms with Gasteiger partial charge in [-0.15, -0.1) is 0 Å². The number of rotatable bonds is 1. The van der Waals surface area contributed by atoms with Crippen molar-refractivity contribution in [3.05, 3.63) is 42.1 Å². The molecule has 1 aliphatic rings. The third-order valence-electron chi connectivity index (χ3n) is 3.14. The van der Waals surface area contributed by atoms with Crippen LogP contribution in [0.5, 0.6) is 0 Å². The molecule has 1 fully saturated rings. The van der Waals surface area contributed by atoms with Crippen molar-refractivity contribution in [2.75, 3.05) is 0 Å². The second-order valence-electron chi connectivity index (χ2n) is 4.06. The predicted octanol–water partition coefficient (Wildman–Crippen LogP) is 3.50. The Morgan fingerprint density at radius 3 is 2.64 bits per heavy atom. The molecule has 1 saturated carbocycles. The maximum absolute atomic E-state index is 4.70. The van der Waals surface area contributed by atoms with Crippen LogP contribution in [0.3, 0.4) is 0 Å². The molecule has 1 nitrogen and oxygen atoms in total. The van der Waals surface area contributed by atoms with Crippen LogP contribution >= 0.6 is 0 Å². The van der Waals surface area contributed by atoms with Crippen LogP contribution in [0.4, 0.5) is 0 Å². The summed E-state index contributed by atoms with van der Waals surface area (Å²) >= 11 is 0. The van der Waals surface area contributed by atoms with Crippen molar-refractivity contribution in [3.63, 3.8) is 0 Å². The molecule has 1 heterocycles. The summed E-state index contributed by atoms with van der Waals surface area (Å²) in [6, 6.07) is 12.7. The standard InChI is InChI=1S/C13H13N/c1-2-7-12-11(4-1)8-9-13(14-12)10-5-3-6-10/h1-2,4,7-10H,3,5-6H2. The monoisotopic (exact) mass is 183 g/mol. The Balaban J connectivity index is 2.10. The molecule has 70 valence electrons. The molecule has 0 radical (unpaired) electrons. The molecule has 1 aromatic heterocycles. The number of para-hydroxylation sites is 1. The van der Waals surface area contributed by atoms with Crippen LogP contribution in [-0.4, -0.2) is 4.98 Å². The summed E-state index contributed by atoms with van der Waals surface area (Å²) in [5, 5.41) is 1.25. The van der Waals surface area contributed by atoms with Crippen molar-refractivity contribution in [1.29, 1.82) is 0 Å². The fourth-order valence-electron chi connectivity index (χ4n) is 2.01. The summed E-state index contributed by atoms with van der Waals surface area (Å²) in [5.74, 6) is 0.736. The number of hydrogen-bond acceptors (Lipinski definition) is 1. The second-order valence-corrected chi connectivity index (χ2v) is 4.06. The van der Waals surface area contributed by atoms with Crippen LogP contribution in [0.2, 0.25) is 0 Å². The minimum Gasteiger partial charge on any atom is -0.253 e. The van der Waals surface area contributed by atoms with Crippen molar-refractivity contribution >= 4 is 10.9 Å². The van der Waals surface area contributed by atoms with E-state index in [1.807, 2.05) is 0 Å². The van der Waals surface area contributed by atoms with Crippen molar-refractivity contribution in [1.82, 2.24) is 4.98 Å². The molecule has 1 aliphatic carbocycles. The molecule has 0 unspecified atom stereocenters. The van der Waals surface area contributed by atoms with Gasteiger partial charge < -0.3 is 0 Å². The first-order valence-corrected chi connectivity index (χ1v) is 5.29. The molecule has 0 atom stereocenters. The van der Waals surface area contributed by atoms with Crippen LogP contribution in [0.1, 0.15) is 30.9 Å². The maximum Gasteiger partial charge on any atom is 0.0705 e. The van der Waals surface area contributed by atoms with E-state index in [4.69, 9.17) is 4.98 Å². The Hall–Kier alpha value is -1.37. The molecular weight excluding hydrogens is 170 g/mol. The van der Waals surface area contributed by atoms with Crippen molar-refractivity contribution < 1.29 is 0 Å². The molecule has 14 heavy (non-hydrogen) atoms. The van der Waals surface area contributed by atoms with E-state index in [1.54, 1.807) is 0 Å². The lowest BCUT2D eigenvalue weighted by molar-refractivity contribution is 0.412. The molecular formula is C13H13N. The maximum atomic E-state index is 4.70. The van der Waals surface area contributed by atoms with E-state index in [9.17, 15) is 0 Å². The number of aromatic nitrogens is 1. The molecule has 0 bridgehead atoms. The first-order valence-electron chi connectivity index (χ1n) is 5.29. The van der Waals surface area contributed by atoms with Gasteiger partial charge in [0.25, 0.3) is 0 Å². The van der Waals surface area contributed by atoms with Crippen molar-refractivity contribution in [3.8, 4) is 0 Å². The SMILES string of the molecule is c1ccc2nc(C3CCC3)ccc2c1. The van der Waals surface area contributed by atoms with Gasteiger partial charge in [0.1, 0.15) is 0 Å². The Labute approximate surface area is 83.8 Å². The highest BCUT2D eigenvalue weighted by Crippen LogP contribution is 2.35. The first-order chi connectivity index (χ1) is 6.93. The van der Waals surface area contributed by atoms with Gasteiger partial charge in [-0.3, -0.25) is 4.98 Å². The Kier molecular flexibility index (Phi) is 1.76.